The monoisotopic (exact) mass is 260 g/mol. The van der Waals surface area contributed by atoms with E-state index >= 15 is 0 Å². The van der Waals surface area contributed by atoms with Gasteiger partial charge < -0.3 is 14.9 Å². The maximum Gasteiger partial charge on any atom is 0.335 e. The fourth-order valence-corrected chi connectivity index (χ4v) is 2.06. The van der Waals surface area contributed by atoms with Crippen molar-refractivity contribution < 1.29 is 19.7 Å². The summed E-state index contributed by atoms with van der Waals surface area (Å²) in [7, 11) is 0. The molecule has 108 valence electrons. The minimum atomic E-state index is -1.11. The molecule has 1 fully saturated rings. The van der Waals surface area contributed by atoms with Crippen LogP contribution in [0.25, 0.3) is 0 Å². The van der Waals surface area contributed by atoms with Crippen LogP contribution in [0.4, 0.5) is 0 Å². The molecule has 0 aromatic carbocycles. The number of ether oxygens (including phenoxy) is 1. The van der Waals surface area contributed by atoms with Gasteiger partial charge in [0.05, 0.1) is 6.61 Å². The van der Waals surface area contributed by atoms with Crippen LogP contribution in [-0.4, -0.2) is 35.5 Å². The lowest BCUT2D eigenvalue weighted by molar-refractivity contribution is -0.152. The molecule has 0 radical (unpaired) electrons. The quantitative estimate of drug-likeness (QED) is 0.770. The Hall–Kier alpha value is -0.610. The molecule has 0 saturated heterocycles. The second-order valence-electron chi connectivity index (χ2n) is 4.79. The maximum atomic E-state index is 10.2. The van der Waals surface area contributed by atoms with Gasteiger partial charge in [-0.15, -0.1) is 0 Å². The van der Waals surface area contributed by atoms with Gasteiger partial charge in [0, 0.05) is 6.61 Å². The SMILES string of the molecule is CCC1CCCCC1.CCCOC(CO)C(=O)O. The first-order chi connectivity index (χ1) is 8.65. The van der Waals surface area contributed by atoms with Crippen molar-refractivity contribution in [2.45, 2.75) is 64.9 Å². The lowest BCUT2D eigenvalue weighted by Crippen LogP contribution is -2.27. The molecule has 18 heavy (non-hydrogen) atoms. The van der Waals surface area contributed by atoms with Crippen molar-refractivity contribution >= 4 is 5.97 Å². The molecular weight excluding hydrogens is 232 g/mol. The van der Waals surface area contributed by atoms with E-state index < -0.39 is 18.7 Å². The van der Waals surface area contributed by atoms with Crippen LogP contribution in [0, 0.1) is 5.92 Å². The second-order valence-corrected chi connectivity index (χ2v) is 4.79. The predicted octanol–water partition coefficient (Wildman–Crippen LogP) is 2.84. The minimum Gasteiger partial charge on any atom is -0.479 e. The Morgan fingerprint density at radius 1 is 1.28 bits per heavy atom. The van der Waals surface area contributed by atoms with Gasteiger partial charge in [-0.2, -0.15) is 0 Å². The van der Waals surface area contributed by atoms with Crippen LogP contribution in [0.2, 0.25) is 0 Å². The molecule has 4 nitrogen and oxygen atoms in total. The zero-order chi connectivity index (χ0) is 13.8. The molecule has 0 bridgehead atoms. The minimum absolute atomic E-state index is 0.373. The van der Waals surface area contributed by atoms with Crippen LogP contribution < -0.4 is 0 Å². The molecule has 1 aliphatic carbocycles. The number of aliphatic hydroxyl groups is 1. The van der Waals surface area contributed by atoms with E-state index in [1.54, 1.807) is 0 Å². The zero-order valence-electron chi connectivity index (χ0n) is 11.7. The van der Waals surface area contributed by atoms with Crippen molar-refractivity contribution in [1.82, 2.24) is 0 Å². The molecule has 4 heteroatoms. The summed E-state index contributed by atoms with van der Waals surface area (Å²) in [6, 6.07) is 0. The number of carbonyl (C=O) groups is 1. The van der Waals surface area contributed by atoms with Gasteiger partial charge >= 0.3 is 5.97 Å². The standard InChI is InChI=1S/C8H16.C6H12O4/c1-2-8-6-4-3-5-7-8;1-2-3-10-5(4-7)6(8)9/h8H,2-7H2,1H3;5,7H,2-4H2,1H3,(H,8,9). The molecule has 1 saturated carbocycles. The van der Waals surface area contributed by atoms with Gasteiger partial charge in [-0.3, -0.25) is 0 Å². The van der Waals surface area contributed by atoms with E-state index in [0.29, 0.717) is 6.61 Å². The average Bonchev–Trinajstić information content (AvgIpc) is 2.41. The van der Waals surface area contributed by atoms with Gasteiger partial charge in [-0.25, -0.2) is 4.79 Å². The van der Waals surface area contributed by atoms with Crippen LogP contribution in [-0.2, 0) is 9.53 Å². The molecule has 1 atom stereocenters. The second kappa shape index (κ2) is 11.5. The molecule has 0 amide bonds. The Morgan fingerprint density at radius 2 is 1.89 bits per heavy atom. The maximum absolute atomic E-state index is 10.2. The number of carboxylic acid groups (broad SMARTS) is 1. The molecule has 0 spiro atoms. The first-order valence-electron chi connectivity index (χ1n) is 7.10. The van der Waals surface area contributed by atoms with E-state index in [1.165, 1.54) is 38.5 Å². The highest BCUT2D eigenvalue weighted by Gasteiger charge is 2.15. The lowest BCUT2D eigenvalue weighted by atomic mass is 9.88. The molecule has 0 aliphatic heterocycles. The normalized spacial score (nSPS) is 17.7. The summed E-state index contributed by atoms with van der Waals surface area (Å²) in [6.45, 7) is 4.10. The number of rotatable bonds is 6. The summed E-state index contributed by atoms with van der Waals surface area (Å²) in [6.07, 6.45) is 8.63. The van der Waals surface area contributed by atoms with Crippen molar-refractivity contribution in [1.29, 1.82) is 0 Å². The number of hydrogen-bond acceptors (Lipinski definition) is 3. The Kier molecular flexibility index (Phi) is 11.1. The lowest BCUT2D eigenvalue weighted by Gasteiger charge is -2.18. The molecular formula is C14H28O4. The third-order valence-electron chi connectivity index (χ3n) is 3.27. The number of aliphatic carboxylic acids is 1. The van der Waals surface area contributed by atoms with Gasteiger partial charge in [-0.1, -0.05) is 52.4 Å². The Bertz CT molecular complexity index is 200. The van der Waals surface area contributed by atoms with E-state index in [1.807, 2.05) is 6.92 Å². The summed E-state index contributed by atoms with van der Waals surface area (Å²) in [5.41, 5.74) is 0. The van der Waals surface area contributed by atoms with Gasteiger partial charge in [-0.05, 0) is 12.3 Å². The molecule has 0 aromatic rings. The zero-order valence-corrected chi connectivity index (χ0v) is 11.7. The first kappa shape index (κ1) is 17.4. The first-order valence-corrected chi connectivity index (χ1v) is 7.10. The summed E-state index contributed by atoms with van der Waals surface area (Å²) >= 11 is 0. The molecule has 2 N–H and O–H groups in total. The Labute approximate surface area is 110 Å². The van der Waals surface area contributed by atoms with Crippen LogP contribution >= 0.6 is 0 Å². The Morgan fingerprint density at radius 3 is 2.22 bits per heavy atom. The van der Waals surface area contributed by atoms with Crippen molar-refractivity contribution in [3.8, 4) is 0 Å². The van der Waals surface area contributed by atoms with Gasteiger partial charge in [0.15, 0.2) is 6.10 Å². The summed E-state index contributed by atoms with van der Waals surface area (Å²) in [5.74, 6) is -0.0281. The highest BCUT2D eigenvalue weighted by atomic mass is 16.5. The molecule has 0 heterocycles. The molecule has 1 rings (SSSR count). The van der Waals surface area contributed by atoms with Crippen molar-refractivity contribution in [2.24, 2.45) is 5.92 Å². The van der Waals surface area contributed by atoms with Gasteiger partial charge in [0.2, 0.25) is 0 Å². The van der Waals surface area contributed by atoms with Crippen LogP contribution in [0.1, 0.15) is 58.8 Å². The van der Waals surface area contributed by atoms with Crippen molar-refractivity contribution in [3.05, 3.63) is 0 Å². The van der Waals surface area contributed by atoms with E-state index in [2.05, 4.69) is 6.92 Å². The van der Waals surface area contributed by atoms with Crippen LogP contribution in [0.5, 0.6) is 0 Å². The highest BCUT2D eigenvalue weighted by molar-refractivity contribution is 5.72. The topological polar surface area (TPSA) is 66.8 Å². The molecule has 1 aliphatic rings. The third-order valence-corrected chi connectivity index (χ3v) is 3.27. The molecule has 0 aromatic heterocycles. The Balaban J connectivity index is 0.000000327. The van der Waals surface area contributed by atoms with Crippen molar-refractivity contribution in [2.75, 3.05) is 13.2 Å². The number of hydrogen-bond donors (Lipinski definition) is 2. The van der Waals surface area contributed by atoms with E-state index in [4.69, 9.17) is 14.9 Å². The number of carboxylic acids is 1. The highest BCUT2D eigenvalue weighted by Crippen LogP contribution is 2.25. The predicted molar refractivity (Wildman–Crippen MR) is 71.6 cm³/mol. The average molecular weight is 260 g/mol. The third kappa shape index (κ3) is 8.48. The van der Waals surface area contributed by atoms with Crippen molar-refractivity contribution in [3.63, 3.8) is 0 Å². The van der Waals surface area contributed by atoms with E-state index in [-0.39, 0.29) is 0 Å². The largest absolute Gasteiger partial charge is 0.479 e. The fourth-order valence-electron chi connectivity index (χ4n) is 2.06. The number of aliphatic hydroxyl groups excluding tert-OH is 1. The van der Waals surface area contributed by atoms with E-state index in [0.717, 1.165) is 12.3 Å². The van der Waals surface area contributed by atoms with Crippen LogP contribution in [0.3, 0.4) is 0 Å². The van der Waals surface area contributed by atoms with Gasteiger partial charge in [0.1, 0.15) is 0 Å². The fraction of sp³-hybridized carbons (Fsp3) is 0.929. The summed E-state index contributed by atoms with van der Waals surface area (Å²) in [4.78, 5) is 10.2. The van der Waals surface area contributed by atoms with Gasteiger partial charge in [0.25, 0.3) is 0 Å². The van der Waals surface area contributed by atoms with E-state index in [9.17, 15) is 4.79 Å². The summed E-state index contributed by atoms with van der Waals surface area (Å²) in [5, 5.41) is 16.7. The summed E-state index contributed by atoms with van der Waals surface area (Å²) < 4.78 is 4.75. The van der Waals surface area contributed by atoms with Crippen LogP contribution in [0.15, 0.2) is 0 Å². The smallest absolute Gasteiger partial charge is 0.335 e. The molecule has 1 unspecified atom stereocenters.